The third-order valence-corrected chi connectivity index (χ3v) is 7.31. The molecule has 3 atom stereocenters. The van der Waals surface area contributed by atoms with E-state index in [4.69, 9.17) is 20.8 Å². The van der Waals surface area contributed by atoms with E-state index in [1.54, 1.807) is 18.2 Å². The fraction of sp³-hybridized carbons (Fsp3) is 0.333. The molecule has 0 aliphatic carbocycles. The standard InChI is InChI=1S/C24H21BrClNO5/c25-13-4-6-16(22-12-20(28)15-2-1-3-18(26)23(15)32-22)21(10-13)31-9-8-27-14-5-7-19(27)17(11-14)24(29)30/h1-4,6,10,12,14,17,19H,5,7-9,11H2,(H,29,30). The Balaban J connectivity index is 1.39. The summed E-state index contributed by atoms with van der Waals surface area (Å²) in [4.78, 5) is 26.4. The second kappa shape index (κ2) is 8.54. The molecule has 1 aromatic heterocycles. The van der Waals surface area contributed by atoms with E-state index in [2.05, 4.69) is 20.8 Å². The minimum atomic E-state index is -0.706. The van der Waals surface area contributed by atoms with Gasteiger partial charge in [-0.05, 0) is 49.6 Å². The van der Waals surface area contributed by atoms with E-state index in [1.807, 2.05) is 18.2 Å². The lowest BCUT2D eigenvalue weighted by molar-refractivity contribution is -0.142. The van der Waals surface area contributed by atoms with Crippen molar-refractivity contribution in [2.75, 3.05) is 13.2 Å². The third kappa shape index (κ3) is 3.83. The lowest BCUT2D eigenvalue weighted by atomic mass is 9.89. The van der Waals surface area contributed by atoms with Crippen molar-refractivity contribution >= 4 is 44.5 Å². The normalized spacial score (nSPS) is 22.5. The molecule has 3 aromatic rings. The number of fused-ring (bicyclic) bond motifs is 3. The van der Waals surface area contributed by atoms with Crippen LogP contribution in [-0.2, 0) is 4.79 Å². The molecular formula is C24H21BrClNO5. The Bertz CT molecular complexity index is 1260. The van der Waals surface area contributed by atoms with E-state index in [0.29, 0.717) is 58.7 Å². The van der Waals surface area contributed by atoms with E-state index in [0.717, 1.165) is 17.3 Å². The number of para-hydroxylation sites is 1. The number of halogens is 2. The number of hydrogen-bond acceptors (Lipinski definition) is 5. The molecule has 32 heavy (non-hydrogen) atoms. The van der Waals surface area contributed by atoms with Crippen LogP contribution < -0.4 is 10.2 Å². The molecule has 166 valence electrons. The molecule has 1 N–H and O–H groups in total. The summed E-state index contributed by atoms with van der Waals surface area (Å²) in [7, 11) is 0. The summed E-state index contributed by atoms with van der Waals surface area (Å²) < 4.78 is 13.0. The van der Waals surface area contributed by atoms with Gasteiger partial charge in [-0.3, -0.25) is 14.5 Å². The Labute approximate surface area is 197 Å². The Morgan fingerprint density at radius 2 is 2.09 bits per heavy atom. The van der Waals surface area contributed by atoms with E-state index in [9.17, 15) is 14.7 Å². The summed E-state index contributed by atoms with van der Waals surface area (Å²) >= 11 is 9.73. The van der Waals surface area contributed by atoms with Gasteiger partial charge in [0.25, 0.3) is 0 Å². The van der Waals surface area contributed by atoms with Crippen LogP contribution >= 0.6 is 27.5 Å². The zero-order valence-corrected chi connectivity index (χ0v) is 19.4. The van der Waals surface area contributed by atoms with Crippen molar-refractivity contribution in [3.05, 3.63) is 62.2 Å². The Kier molecular flexibility index (Phi) is 5.73. The summed E-state index contributed by atoms with van der Waals surface area (Å²) in [6, 6.07) is 12.5. The number of benzene rings is 2. The third-order valence-electron chi connectivity index (χ3n) is 6.52. The molecule has 0 radical (unpaired) electrons. The van der Waals surface area contributed by atoms with Crippen LogP contribution in [0.15, 0.2) is 56.1 Å². The van der Waals surface area contributed by atoms with Gasteiger partial charge in [-0.1, -0.05) is 33.6 Å². The van der Waals surface area contributed by atoms with Crippen LogP contribution in [0.4, 0.5) is 0 Å². The Morgan fingerprint density at radius 1 is 1.25 bits per heavy atom. The van der Waals surface area contributed by atoms with Gasteiger partial charge in [-0.15, -0.1) is 0 Å². The zero-order chi connectivity index (χ0) is 22.4. The van der Waals surface area contributed by atoms with E-state index in [-0.39, 0.29) is 17.4 Å². The number of nitrogens with zero attached hydrogens (tertiary/aromatic N) is 1. The van der Waals surface area contributed by atoms with Crippen LogP contribution in [0.5, 0.6) is 5.75 Å². The Hall–Kier alpha value is -2.35. The lowest BCUT2D eigenvalue weighted by Crippen LogP contribution is -2.35. The maximum atomic E-state index is 12.6. The average molecular weight is 519 g/mol. The SMILES string of the molecule is O=C(O)C1CC2CCC1N2CCOc1cc(Br)ccc1-c1cc(=O)c2cccc(Cl)c2o1. The van der Waals surface area contributed by atoms with Crippen LogP contribution in [-0.4, -0.2) is 41.2 Å². The predicted molar refractivity (Wildman–Crippen MR) is 125 cm³/mol. The molecule has 3 unspecified atom stereocenters. The molecule has 2 aromatic carbocycles. The number of aliphatic carboxylic acids is 1. The molecule has 2 aliphatic rings. The second-order valence-electron chi connectivity index (χ2n) is 8.30. The maximum absolute atomic E-state index is 12.6. The van der Waals surface area contributed by atoms with Gasteiger partial charge >= 0.3 is 5.97 Å². The van der Waals surface area contributed by atoms with Gasteiger partial charge in [-0.2, -0.15) is 0 Å². The smallest absolute Gasteiger partial charge is 0.308 e. The molecule has 0 saturated carbocycles. The summed E-state index contributed by atoms with van der Waals surface area (Å²) in [6.45, 7) is 1.06. The van der Waals surface area contributed by atoms with Crippen molar-refractivity contribution in [2.24, 2.45) is 5.92 Å². The van der Waals surface area contributed by atoms with Gasteiger partial charge < -0.3 is 14.3 Å². The van der Waals surface area contributed by atoms with E-state index < -0.39 is 5.97 Å². The molecule has 6 nitrogen and oxygen atoms in total. The number of rotatable bonds is 6. The van der Waals surface area contributed by atoms with Gasteiger partial charge in [0.2, 0.25) is 0 Å². The van der Waals surface area contributed by atoms with Crippen LogP contribution in [0.1, 0.15) is 19.3 Å². The zero-order valence-electron chi connectivity index (χ0n) is 17.1. The molecule has 8 heteroatoms. The summed E-state index contributed by atoms with van der Waals surface area (Å²) in [6.07, 6.45) is 2.68. The quantitative estimate of drug-likeness (QED) is 0.484. The van der Waals surface area contributed by atoms with Crippen molar-refractivity contribution < 1.29 is 19.1 Å². The number of carbonyl (C=O) groups is 1. The summed E-state index contributed by atoms with van der Waals surface area (Å²) in [5.41, 5.74) is 0.824. The van der Waals surface area contributed by atoms with E-state index >= 15 is 0 Å². The monoisotopic (exact) mass is 517 g/mol. The molecular weight excluding hydrogens is 498 g/mol. The van der Waals surface area contributed by atoms with Crippen molar-refractivity contribution in [1.82, 2.24) is 4.90 Å². The minimum absolute atomic E-state index is 0.0868. The van der Waals surface area contributed by atoms with Gasteiger partial charge in [0, 0.05) is 29.2 Å². The molecule has 5 rings (SSSR count). The van der Waals surface area contributed by atoms with Gasteiger partial charge in [0.15, 0.2) is 11.0 Å². The molecule has 2 aliphatic heterocycles. The highest BCUT2D eigenvalue weighted by Crippen LogP contribution is 2.41. The molecule has 2 bridgehead atoms. The van der Waals surface area contributed by atoms with Crippen LogP contribution in [0, 0.1) is 5.92 Å². The van der Waals surface area contributed by atoms with Gasteiger partial charge in [-0.25, -0.2) is 0 Å². The number of carboxylic acid groups (broad SMARTS) is 1. The van der Waals surface area contributed by atoms with Crippen molar-refractivity contribution in [1.29, 1.82) is 0 Å². The lowest BCUT2D eigenvalue weighted by Gasteiger charge is -2.23. The molecule has 3 heterocycles. The fourth-order valence-corrected chi connectivity index (χ4v) is 5.62. The second-order valence-corrected chi connectivity index (χ2v) is 9.62. The topological polar surface area (TPSA) is 80.0 Å². The number of carboxylic acids is 1. The van der Waals surface area contributed by atoms with E-state index in [1.165, 1.54) is 6.07 Å². The summed E-state index contributed by atoms with van der Waals surface area (Å²) in [5, 5.41) is 10.3. The predicted octanol–water partition coefficient (Wildman–Crippen LogP) is 5.19. The maximum Gasteiger partial charge on any atom is 0.308 e. The first kappa shape index (κ1) is 21.5. The largest absolute Gasteiger partial charge is 0.491 e. The number of ether oxygens (including phenoxy) is 1. The molecule has 2 saturated heterocycles. The van der Waals surface area contributed by atoms with Gasteiger partial charge in [0.05, 0.1) is 21.9 Å². The first-order valence-corrected chi connectivity index (χ1v) is 11.7. The van der Waals surface area contributed by atoms with Crippen LogP contribution in [0.25, 0.3) is 22.3 Å². The van der Waals surface area contributed by atoms with Crippen molar-refractivity contribution in [3.8, 4) is 17.1 Å². The van der Waals surface area contributed by atoms with Gasteiger partial charge in [0.1, 0.15) is 18.1 Å². The first-order valence-electron chi connectivity index (χ1n) is 10.6. The fourth-order valence-electron chi connectivity index (χ4n) is 5.07. The number of hydrogen-bond donors (Lipinski definition) is 1. The molecule has 0 amide bonds. The highest BCUT2D eigenvalue weighted by molar-refractivity contribution is 9.10. The van der Waals surface area contributed by atoms with Crippen LogP contribution in [0.2, 0.25) is 5.02 Å². The molecule has 0 spiro atoms. The van der Waals surface area contributed by atoms with Crippen LogP contribution in [0.3, 0.4) is 0 Å². The van der Waals surface area contributed by atoms with Crippen molar-refractivity contribution in [3.63, 3.8) is 0 Å². The molecule has 2 fully saturated rings. The Morgan fingerprint density at radius 3 is 2.88 bits per heavy atom. The van der Waals surface area contributed by atoms with Crippen molar-refractivity contribution in [2.45, 2.75) is 31.3 Å². The highest BCUT2D eigenvalue weighted by atomic mass is 79.9. The summed E-state index contributed by atoms with van der Waals surface area (Å²) in [5.74, 6) is -0.0327. The minimum Gasteiger partial charge on any atom is -0.491 e. The first-order chi connectivity index (χ1) is 15.4. The highest BCUT2D eigenvalue weighted by Gasteiger charge is 2.48. The average Bonchev–Trinajstić information content (AvgIpc) is 3.32.